The molecule has 0 aliphatic carbocycles. The zero-order chi connectivity index (χ0) is 19.7. The lowest BCUT2D eigenvalue weighted by Gasteiger charge is -2.35. The minimum atomic E-state index is 0.0868. The number of aromatic nitrogens is 4. The van der Waals surface area contributed by atoms with Crippen LogP contribution in [0.15, 0.2) is 36.9 Å². The highest BCUT2D eigenvalue weighted by Crippen LogP contribution is 2.45. The molecule has 1 N–H and O–H groups in total. The summed E-state index contributed by atoms with van der Waals surface area (Å²) >= 11 is 6.34. The Kier molecular flexibility index (Phi) is 4.88. The van der Waals surface area contributed by atoms with Crippen LogP contribution in [-0.4, -0.2) is 37.9 Å². The van der Waals surface area contributed by atoms with Crippen molar-refractivity contribution in [3.63, 3.8) is 0 Å². The SMILES string of the molecule is [C-]#[N+]c1c(Cl)ccc(-c2cncc(O)c2)c1N1CCC(c2nncn2C)CC1. The molecule has 1 fully saturated rings. The molecule has 2 aromatic heterocycles. The number of piperidine rings is 1. The number of benzene rings is 1. The number of rotatable bonds is 3. The van der Waals surface area contributed by atoms with Crippen molar-refractivity contribution >= 4 is 23.0 Å². The highest BCUT2D eigenvalue weighted by molar-refractivity contribution is 6.34. The third-order valence-corrected chi connectivity index (χ3v) is 5.48. The van der Waals surface area contributed by atoms with Gasteiger partial charge in [0.05, 0.1) is 18.5 Å². The van der Waals surface area contributed by atoms with Crippen LogP contribution >= 0.6 is 11.6 Å². The molecule has 0 amide bonds. The van der Waals surface area contributed by atoms with Crippen LogP contribution in [-0.2, 0) is 7.05 Å². The van der Waals surface area contributed by atoms with Crippen LogP contribution in [0.25, 0.3) is 16.0 Å². The first-order valence-corrected chi connectivity index (χ1v) is 9.39. The second kappa shape index (κ2) is 7.49. The van der Waals surface area contributed by atoms with Crippen LogP contribution in [0, 0.1) is 6.57 Å². The van der Waals surface area contributed by atoms with Crippen molar-refractivity contribution in [1.29, 1.82) is 0 Å². The van der Waals surface area contributed by atoms with Gasteiger partial charge in [-0.25, -0.2) is 4.85 Å². The first-order chi connectivity index (χ1) is 13.6. The monoisotopic (exact) mass is 394 g/mol. The average Bonchev–Trinajstić information content (AvgIpc) is 3.13. The van der Waals surface area contributed by atoms with Crippen molar-refractivity contribution in [2.75, 3.05) is 18.0 Å². The van der Waals surface area contributed by atoms with E-state index in [2.05, 4.69) is 24.9 Å². The Hall–Kier alpha value is -3.11. The van der Waals surface area contributed by atoms with Crippen LogP contribution in [0.5, 0.6) is 5.75 Å². The van der Waals surface area contributed by atoms with Crippen LogP contribution in [0.2, 0.25) is 5.02 Å². The Morgan fingerprint density at radius 1 is 1.25 bits per heavy atom. The maximum Gasteiger partial charge on any atom is 0.228 e. The molecule has 0 saturated carbocycles. The molecule has 4 rings (SSSR count). The predicted molar refractivity (Wildman–Crippen MR) is 108 cm³/mol. The molecular formula is C20H19ClN6O. The molecule has 3 heterocycles. The molecule has 0 spiro atoms. The molecule has 142 valence electrons. The van der Waals surface area contributed by atoms with Crippen LogP contribution in [0.4, 0.5) is 11.4 Å². The lowest BCUT2D eigenvalue weighted by atomic mass is 9.94. The van der Waals surface area contributed by atoms with Gasteiger partial charge in [0.15, 0.2) is 0 Å². The van der Waals surface area contributed by atoms with Crippen LogP contribution in [0.3, 0.4) is 0 Å². The molecule has 0 radical (unpaired) electrons. The Balaban J connectivity index is 1.70. The Morgan fingerprint density at radius 2 is 2.04 bits per heavy atom. The van der Waals surface area contributed by atoms with Gasteiger partial charge >= 0.3 is 0 Å². The van der Waals surface area contributed by atoms with E-state index in [0.717, 1.165) is 48.6 Å². The number of aromatic hydroxyl groups is 1. The summed E-state index contributed by atoms with van der Waals surface area (Å²) in [7, 11) is 1.96. The smallest absolute Gasteiger partial charge is 0.228 e. The van der Waals surface area contributed by atoms with Gasteiger partial charge < -0.3 is 14.6 Å². The van der Waals surface area contributed by atoms with Crippen molar-refractivity contribution in [2.24, 2.45) is 7.05 Å². The van der Waals surface area contributed by atoms with Gasteiger partial charge in [0.2, 0.25) is 5.69 Å². The number of pyridine rings is 1. The highest BCUT2D eigenvalue weighted by atomic mass is 35.5. The van der Waals surface area contributed by atoms with Gasteiger partial charge in [-0.05, 0) is 24.5 Å². The quantitative estimate of drug-likeness (QED) is 0.675. The average molecular weight is 395 g/mol. The maximum absolute atomic E-state index is 9.85. The van der Waals surface area contributed by atoms with Crippen LogP contribution in [0.1, 0.15) is 24.6 Å². The molecule has 1 aliphatic heterocycles. The number of anilines is 1. The summed E-state index contributed by atoms with van der Waals surface area (Å²) in [6.45, 7) is 9.21. The number of halogens is 1. The first-order valence-electron chi connectivity index (χ1n) is 9.01. The van der Waals surface area contributed by atoms with Crippen molar-refractivity contribution in [3.8, 4) is 16.9 Å². The molecule has 0 bridgehead atoms. The summed E-state index contributed by atoms with van der Waals surface area (Å²) in [6, 6.07) is 5.27. The van der Waals surface area contributed by atoms with Gasteiger partial charge in [-0.2, -0.15) is 0 Å². The van der Waals surface area contributed by atoms with Gasteiger partial charge in [0.25, 0.3) is 0 Å². The summed E-state index contributed by atoms with van der Waals surface area (Å²) in [5, 5.41) is 18.5. The lowest BCUT2D eigenvalue weighted by Crippen LogP contribution is -2.34. The number of aryl methyl sites for hydroxylation is 1. The summed E-state index contributed by atoms with van der Waals surface area (Å²) in [4.78, 5) is 9.99. The second-order valence-electron chi connectivity index (χ2n) is 6.90. The fourth-order valence-corrected chi connectivity index (χ4v) is 4.01. The molecule has 8 heteroatoms. The molecule has 28 heavy (non-hydrogen) atoms. The lowest BCUT2D eigenvalue weighted by molar-refractivity contribution is 0.472. The zero-order valence-electron chi connectivity index (χ0n) is 15.4. The van der Waals surface area contributed by atoms with Crippen molar-refractivity contribution in [2.45, 2.75) is 18.8 Å². The largest absolute Gasteiger partial charge is 0.506 e. The van der Waals surface area contributed by atoms with E-state index >= 15 is 0 Å². The van der Waals surface area contributed by atoms with Gasteiger partial charge in [-0.3, -0.25) is 4.98 Å². The van der Waals surface area contributed by atoms with Gasteiger partial charge in [-0.1, -0.05) is 23.7 Å². The van der Waals surface area contributed by atoms with Crippen molar-refractivity contribution < 1.29 is 5.11 Å². The zero-order valence-corrected chi connectivity index (χ0v) is 16.1. The topological polar surface area (TPSA) is 71.4 Å². The standard InChI is InChI=1S/C20H19ClN6O/c1-22-18-17(21)4-3-16(14-9-15(28)11-23-10-14)19(18)27-7-5-13(6-8-27)20-25-24-12-26(20)2/h3-4,9-13,28H,5-8H2,2H3. The molecule has 1 aromatic carbocycles. The predicted octanol–water partition coefficient (Wildman–Crippen LogP) is 4.17. The Morgan fingerprint density at radius 3 is 2.68 bits per heavy atom. The molecule has 7 nitrogen and oxygen atoms in total. The van der Waals surface area contributed by atoms with Gasteiger partial charge in [0, 0.05) is 42.8 Å². The normalized spacial score (nSPS) is 14.8. The Labute approximate surface area is 168 Å². The summed E-state index contributed by atoms with van der Waals surface area (Å²) in [5.41, 5.74) is 2.83. The third kappa shape index (κ3) is 3.27. The van der Waals surface area contributed by atoms with E-state index in [-0.39, 0.29) is 5.75 Å². The van der Waals surface area contributed by atoms with E-state index in [1.165, 1.54) is 6.20 Å². The third-order valence-electron chi connectivity index (χ3n) is 5.17. The molecule has 3 aromatic rings. The fourth-order valence-electron chi connectivity index (χ4n) is 3.81. The van der Waals surface area contributed by atoms with Gasteiger partial charge in [-0.15, -0.1) is 10.2 Å². The molecule has 1 saturated heterocycles. The van der Waals surface area contributed by atoms with Crippen LogP contribution < -0.4 is 4.90 Å². The minimum Gasteiger partial charge on any atom is -0.506 e. The number of hydrogen-bond acceptors (Lipinski definition) is 5. The van der Waals surface area contributed by atoms with E-state index in [0.29, 0.717) is 16.6 Å². The van der Waals surface area contributed by atoms with E-state index in [4.69, 9.17) is 18.2 Å². The summed E-state index contributed by atoms with van der Waals surface area (Å²) in [6.07, 6.45) is 6.62. The Bertz CT molecular complexity index is 1050. The summed E-state index contributed by atoms with van der Waals surface area (Å²) < 4.78 is 1.97. The molecule has 0 atom stereocenters. The van der Waals surface area contributed by atoms with Crippen molar-refractivity contribution in [1.82, 2.24) is 19.7 Å². The second-order valence-corrected chi connectivity index (χ2v) is 7.30. The number of nitrogens with zero attached hydrogens (tertiary/aromatic N) is 6. The van der Waals surface area contributed by atoms with Gasteiger partial charge in [0.1, 0.15) is 17.9 Å². The molecule has 0 unspecified atom stereocenters. The summed E-state index contributed by atoms with van der Waals surface area (Å²) in [5.74, 6) is 1.42. The van der Waals surface area contributed by atoms with E-state index < -0.39 is 0 Å². The van der Waals surface area contributed by atoms with Crippen molar-refractivity contribution in [3.05, 3.63) is 59.2 Å². The molecular weight excluding hydrogens is 376 g/mol. The minimum absolute atomic E-state index is 0.0868. The van der Waals surface area contributed by atoms with E-state index in [1.54, 1.807) is 24.7 Å². The van der Waals surface area contributed by atoms with E-state index in [1.807, 2.05) is 17.7 Å². The fraction of sp³-hybridized carbons (Fsp3) is 0.300. The molecule has 1 aliphatic rings. The maximum atomic E-state index is 9.85. The highest BCUT2D eigenvalue weighted by Gasteiger charge is 2.27. The number of hydrogen-bond donors (Lipinski definition) is 1. The van der Waals surface area contributed by atoms with E-state index in [9.17, 15) is 5.11 Å². The first kappa shape index (κ1) is 18.3.